The van der Waals surface area contributed by atoms with Crippen LogP contribution in [0, 0.1) is 0 Å². The molecule has 30 heavy (non-hydrogen) atoms. The zero-order chi connectivity index (χ0) is 21.5. The highest BCUT2D eigenvalue weighted by atomic mass is 35.5. The minimum Gasteiger partial charge on any atom is -0.325 e. The van der Waals surface area contributed by atoms with Crippen molar-refractivity contribution in [1.29, 1.82) is 0 Å². The Morgan fingerprint density at radius 2 is 1.67 bits per heavy atom. The van der Waals surface area contributed by atoms with Gasteiger partial charge in [-0.05, 0) is 50.2 Å². The summed E-state index contributed by atoms with van der Waals surface area (Å²) in [5, 5.41) is 3.60. The zero-order valence-electron chi connectivity index (χ0n) is 17.1. The van der Waals surface area contributed by atoms with Crippen LogP contribution in [-0.2, 0) is 9.59 Å². The van der Waals surface area contributed by atoms with E-state index in [2.05, 4.69) is 5.32 Å². The first-order valence-electron chi connectivity index (χ1n) is 10.2. The number of anilines is 2. The van der Waals surface area contributed by atoms with Crippen LogP contribution >= 0.6 is 23.2 Å². The summed E-state index contributed by atoms with van der Waals surface area (Å²) < 4.78 is 0. The van der Waals surface area contributed by atoms with Gasteiger partial charge in [0.2, 0.25) is 11.8 Å². The fourth-order valence-corrected chi connectivity index (χ4v) is 4.17. The van der Waals surface area contributed by atoms with Crippen molar-refractivity contribution in [2.75, 3.05) is 30.4 Å². The van der Waals surface area contributed by atoms with Crippen LogP contribution < -0.4 is 10.2 Å². The second-order valence-electron chi connectivity index (χ2n) is 7.74. The molecular weight excluding hydrogens is 421 g/mol. The first-order chi connectivity index (χ1) is 14.4. The lowest BCUT2D eigenvalue weighted by Crippen LogP contribution is -2.47. The zero-order valence-corrected chi connectivity index (χ0v) is 18.6. The maximum Gasteiger partial charge on any atom is 0.241 e. The van der Waals surface area contributed by atoms with Crippen molar-refractivity contribution in [2.45, 2.75) is 38.1 Å². The summed E-state index contributed by atoms with van der Waals surface area (Å²) >= 11 is 11.9. The van der Waals surface area contributed by atoms with Crippen molar-refractivity contribution < 1.29 is 9.59 Å². The molecule has 1 aliphatic rings. The molecule has 0 saturated heterocycles. The minimum atomic E-state index is -0.215. The van der Waals surface area contributed by atoms with E-state index < -0.39 is 0 Å². The number of nitrogens with one attached hydrogen (secondary N) is 1. The van der Waals surface area contributed by atoms with Crippen LogP contribution in [0.1, 0.15) is 32.1 Å². The van der Waals surface area contributed by atoms with Gasteiger partial charge in [-0.2, -0.15) is 0 Å². The van der Waals surface area contributed by atoms with Gasteiger partial charge in [0.15, 0.2) is 0 Å². The quantitative estimate of drug-likeness (QED) is 0.631. The Morgan fingerprint density at radius 1 is 0.967 bits per heavy atom. The molecular formula is C23H27Cl2N3O2. The van der Waals surface area contributed by atoms with E-state index in [1.54, 1.807) is 30.1 Å². The van der Waals surface area contributed by atoms with Crippen molar-refractivity contribution in [1.82, 2.24) is 4.90 Å². The highest BCUT2D eigenvalue weighted by molar-refractivity contribution is 6.42. The van der Waals surface area contributed by atoms with Crippen LogP contribution in [0.2, 0.25) is 10.0 Å². The van der Waals surface area contributed by atoms with Crippen LogP contribution in [0.4, 0.5) is 11.4 Å². The number of carbonyl (C=O) groups is 2. The van der Waals surface area contributed by atoms with E-state index in [1.165, 1.54) is 6.42 Å². The minimum absolute atomic E-state index is 0.0120. The molecule has 5 nitrogen and oxygen atoms in total. The fraction of sp³-hybridized carbons (Fsp3) is 0.391. The van der Waals surface area contributed by atoms with Crippen molar-refractivity contribution in [2.24, 2.45) is 0 Å². The van der Waals surface area contributed by atoms with Gasteiger partial charge in [0.25, 0.3) is 0 Å². The van der Waals surface area contributed by atoms with Crippen LogP contribution in [0.3, 0.4) is 0 Å². The standard InChI is InChI=1S/C23H27Cl2N3O2/c1-27(15-22(29)26-17-12-13-20(24)21(25)14-17)16-23(30)28(18-8-4-2-5-9-18)19-10-6-3-7-11-19/h2,4-5,8-9,12-14,19H,3,6-7,10-11,15-16H2,1H3,(H,26,29). The maximum atomic E-state index is 13.2. The van der Waals surface area contributed by atoms with E-state index in [0.29, 0.717) is 15.7 Å². The number of para-hydroxylation sites is 1. The highest BCUT2D eigenvalue weighted by Crippen LogP contribution is 2.28. The number of hydrogen-bond acceptors (Lipinski definition) is 3. The van der Waals surface area contributed by atoms with Crippen LogP contribution in [0.5, 0.6) is 0 Å². The number of rotatable bonds is 7. The number of halogens is 2. The van der Waals surface area contributed by atoms with E-state index in [4.69, 9.17) is 23.2 Å². The molecule has 2 aromatic carbocycles. The molecule has 3 rings (SSSR count). The Balaban J connectivity index is 1.61. The second-order valence-corrected chi connectivity index (χ2v) is 8.55. The fourth-order valence-electron chi connectivity index (χ4n) is 3.87. The third-order valence-corrected chi connectivity index (χ3v) is 6.00. The second kappa shape index (κ2) is 10.8. The summed E-state index contributed by atoms with van der Waals surface area (Å²) in [6, 6.07) is 14.9. The van der Waals surface area contributed by atoms with Gasteiger partial charge < -0.3 is 10.2 Å². The van der Waals surface area contributed by atoms with Gasteiger partial charge in [0.1, 0.15) is 0 Å². The Bertz CT molecular complexity index is 870. The molecule has 0 unspecified atom stereocenters. The third-order valence-electron chi connectivity index (χ3n) is 5.26. The Kier molecular flexibility index (Phi) is 8.14. The summed E-state index contributed by atoms with van der Waals surface area (Å²) in [5.41, 5.74) is 1.49. The molecule has 2 aromatic rings. The van der Waals surface area contributed by atoms with Gasteiger partial charge in [-0.1, -0.05) is 60.7 Å². The van der Waals surface area contributed by atoms with Crippen molar-refractivity contribution in [3.63, 3.8) is 0 Å². The molecule has 0 radical (unpaired) electrons. The summed E-state index contributed by atoms with van der Waals surface area (Å²) in [5.74, 6) is -0.203. The lowest BCUT2D eigenvalue weighted by Gasteiger charge is -2.35. The van der Waals surface area contributed by atoms with Crippen molar-refractivity contribution in [3.05, 3.63) is 58.6 Å². The third kappa shape index (κ3) is 6.21. The number of nitrogens with zero attached hydrogens (tertiary/aromatic N) is 2. The molecule has 1 aliphatic carbocycles. The number of benzene rings is 2. The average Bonchev–Trinajstić information content (AvgIpc) is 2.72. The van der Waals surface area contributed by atoms with Crippen LogP contribution in [-0.4, -0.2) is 42.9 Å². The molecule has 160 valence electrons. The molecule has 0 aliphatic heterocycles. The molecule has 1 saturated carbocycles. The van der Waals surface area contributed by atoms with Gasteiger partial charge in [-0.15, -0.1) is 0 Å². The molecule has 0 spiro atoms. The first-order valence-corrected chi connectivity index (χ1v) is 11.0. The van der Waals surface area contributed by atoms with Crippen molar-refractivity contribution in [3.8, 4) is 0 Å². The molecule has 0 bridgehead atoms. The molecule has 1 N–H and O–H groups in total. The SMILES string of the molecule is CN(CC(=O)Nc1ccc(Cl)c(Cl)c1)CC(=O)N(c1ccccc1)C1CCCCC1. The Morgan fingerprint density at radius 3 is 2.33 bits per heavy atom. The van der Waals surface area contributed by atoms with E-state index >= 15 is 0 Å². The summed E-state index contributed by atoms with van der Waals surface area (Å²) in [6.07, 6.45) is 5.54. The smallest absolute Gasteiger partial charge is 0.241 e. The number of carbonyl (C=O) groups excluding carboxylic acids is 2. The number of likely N-dealkylation sites (N-methyl/N-ethyl adjacent to an activating group) is 1. The summed E-state index contributed by atoms with van der Waals surface area (Å²) in [4.78, 5) is 29.2. The van der Waals surface area contributed by atoms with E-state index in [0.717, 1.165) is 31.4 Å². The topological polar surface area (TPSA) is 52.7 Å². The normalized spacial score (nSPS) is 14.5. The lowest BCUT2D eigenvalue weighted by molar-refractivity contribution is -0.121. The van der Waals surface area contributed by atoms with Gasteiger partial charge >= 0.3 is 0 Å². The molecule has 0 atom stereocenters. The Hall–Kier alpha value is -2.08. The monoisotopic (exact) mass is 447 g/mol. The largest absolute Gasteiger partial charge is 0.325 e. The van der Waals surface area contributed by atoms with Gasteiger partial charge in [0.05, 0.1) is 23.1 Å². The van der Waals surface area contributed by atoms with Crippen LogP contribution in [0.25, 0.3) is 0 Å². The number of hydrogen-bond donors (Lipinski definition) is 1. The predicted molar refractivity (Wildman–Crippen MR) is 123 cm³/mol. The van der Waals surface area contributed by atoms with E-state index in [-0.39, 0.29) is 30.9 Å². The van der Waals surface area contributed by atoms with Crippen molar-refractivity contribution >= 4 is 46.4 Å². The average molecular weight is 448 g/mol. The maximum absolute atomic E-state index is 13.2. The predicted octanol–water partition coefficient (Wildman–Crippen LogP) is 5.23. The molecule has 0 aromatic heterocycles. The summed E-state index contributed by atoms with van der Waals surface area (Å²) in [7, 11) is 1.77. The summed E-state index contributed by atoms with van der Waals surface area (Å²) in [6.45, 7) is 0.263. The Labute approximate surface area is 187 Å². The van der Waals surface area contributed by atoms with Gasteiger partial charge in [0, 0.05) is 17.4 Å². The molecule has 7 heteroatoms. The lowest BCUT2D eigenvalue weighted by atomic mass is 9.93. The highest BCUT2D eigenvalue weighted by Gasteiger charge is 2.27. The van der Waals surface area contributed by atoms with E-state index in [1.807, 2.05) is 35.2 Å². The number of amides is 2. The first kappa shape index (κ1) is 22.6. The van der Waals surface area contributed by atoms with Crippen LogP contribution in [0.15, 0.2) is 48.5 Å². The van der Waals surface area contributed by atoms with Gasteiger partial charge in [-0.3, -0.25) is 14.5 Å². The molecule has 1 fully saturated rings. The molecule has 0 heterocycles. The van der Waals surface area contributed by atoms with Gasteiger partial charge in [-0.25, -0.2) is 0 Å². The van der Waals surface area contributed by atoms with E-state index in [9.17, 15) is 9.59 Å². The molecule has 2 amide bonds.